The third kappa shape index (κ3) is 11.0. The van der Waals surface area contributed by atoms with Crippen LogP contribution in [0.5, 0.6) is 11.5 Å². The van der Waals surface area contributed by atoms with Crippen LogP contribution in [0.2, 0.25) is 36.3 Å². The molecule has 2 aromatic carbocycles. The number of alkyl halides is 2. The van der Waals surface area contributed by atoms with E-state index in [2.05, 4.69) is 35.4 Å². The van der Waals surface area contributed by atoms with Crippen molar-refractivity contribution in [2.75, 3.05) is 43.0 Å². The summed E-state index contributed by atoms with van der Waals surface area (Å²) in [6.45, 7) is 25.8. The first-order valence-electron chi connectivity index (χ1n) is 23.6. The van der Waals surface area contributed by atoms with Gasteiger partial charge in [0.25, 0.3) is 5.91 Å². The molecule has 4 N–H and O–H groups in total. The first-order valence-corrected chi connectivity index (χ1v) is 29.4. The summed E-state index contributed by atoms with van der Waals surface area (Å²) in [6, 6.07) is 8.40. The number of aromatic amines is 1. The van der Waals surface area contributed by atoms with Crippen LogP contribution >= 0.6 is 0 Å². The number of benzene rings is 2. The predicted molar refractivity (Wildman–Crippen MR) is 267 cm³/mol. The summed E-state index contributed by atoms with van der Waals surface area (Å²) in [5, 5.41) is 29.3. The third-order valence-corrected chi connectivity index (χ3v) is 23.2. The van der Waals surface area contributed by atoms with Crippen LogP contribution in [-0.4, -0.2) is 123 Å². The zero-order valence-corrected chi connectivity index (χ0v) is 44.3. The van der Waals surface area contributed by atoms with E-state index in [9.17, 15) is 24.6 Å². The number of ether oxygens (including phenoxy) is 1. The molecule has 3 atom stereocenters. The molecule has 3 aromatic heterocycles. The Balaban J connectivity index is 0.965. The van der Waals surface area contributed by atoms with Crippen LogP contribution in [0, 0.1) is 5.82 Å². The summed E-state index contributed by atoms with van der Waals surface area (Å²) in [4.78, 5) is 56.2. The maximum absolute atomic E-state index is 16.6. The molecule has 1 amide bonds. The Kier molecular flexibility index (Phi) is 14.7. The Labute approximate surface area is 412 Å². The maximum Gasteiger partial charge on any atom is 0.351 e. The van der Waals surface area contributed by atoms with Gasteiger partial charge >= 0.3 is 17.3 Å². The number of carbonyl (C=O) groups excluding carboxylic acids is 1. The molecule has 0 spiro atoms. The lowest BCUT2D eigenvalue weighted by molar-refractivity contribution is -0.138. The number of carbonyl (C=O) groups is 1. The molecule has 7 rings (SSSR count). The first-order chi connectivity index (χ1) is 33.0. The van der Waals surface area contributed by atoms with E-state index in [1.807, 2.05) is 86.5 Å². The van der Waals surface area contributed by atoms with Gasteiger partial charge in [-0.25, -0.2) is 33.6 Å². The second-order valence-corrected chi connectivity index (χ2v) is 31.2. The van der Waals surface area contributed by atoms with Gasteiger partial charge in [-0.05, 0) is 72.0 Å². The largest absolute Gasteiger partial charge is 0.508 e. The Bertz CT molecular complexity index is 2870. The van der Waals surface area contributed by atoms with Crippen molar-refractivity contribution in [3.05, 3.63) is 98.6 Å². The number of hydrogen-bond donors (Lipinski definition) is 4. The molecule has 71 heavy (non-hydrogen) atoms. The average molecular weight is 1020 g/mol. The molecule has 5 heterocycles. The number of amides is 1. The van der Waals surface area contributed by atoms with Gasteiger partial charge < -0.3 is 34.0 Å². The second kappa shape index (κ2) is 19.7. The molecule has 2 fully saturated rings. The number of rotatable bonds is 14. The van der Waals surface area contributed by atoms with E-state index in [0.29, 0.717) is 47.7 Å². The zero-order chi connectivity index (χ0) is 52.2. The van der Waals surface area contributed by atoms with Crippen LogP contribution in [-0.2, 0) is 20.1 Å². The number of nitrogens with one attached hydrogen (secondary N) is 2. The van der Waals surface area contributed by atoms with Crippen molar-refractivity contribution in [2.45, 2.75) is 128 Å². The fourth-order valence-electron chi connectivity index (χ4n) is 7.82. The highest BCUT2D eigenvalue weighted by atomic mass is 28.4. The summed E-state index contributed by atoms with van der Waals surface area (Å²) in [5.41, 5.74) is -0.452. The van der Waals surface area contributed by atoms with Gasteiger partial charge in [-0.2, -0.15) is 18.9 Å². The summed E-state index contributed by atoms with van der Waals surface area (Å²) in [6.07, 6.45) is -1.10. The number of anilines is 2. The monoisotopic (exact) mass is 1020 g/mol. The van der Waals surface area contributed by atoms with Gasteiger partial charge in [0.1, 0.15) is 46.9 Å². The quantitative estimate of drug-likeness (QED) is 0.0783. The third-order valence-electron chi connectivity index (χ3n) is 14.3. The van der Waals surface area contributed by atoms with Crippen LogP contribution in [0.1, 0.15) is 89.2 Å². The number of aromatic nitrogens is 7. The molecule has 2 aliphatic heterocycles. The molecule has 2 saturated heterocycles. The lowest BCUT2D eigenvalue weighted by atomic mass is 9.98. The Morgan fingerprint density at radius 1 is 0.944 bits per heavy atom. The summed E-state index contributed by atoms with van der Waals surface area (Å²) in [7, 11) is -5.16. The van der Waals surface area contributed by atoms with Gasteiger partial charge in [0, 0.05) is 50.6 Å². The summed E-state index contributed by atoms with van der Waals surface area (Å²) in [5.74, 6) is -5.03. The van der Waals surface area contributed by atoms with E-state index in [1.165, 1.54) is 30.6 Å². The number of nitrogens with zero attached hydrogens (tertiary/aromatic N) is 8. The van der Waals surface area contributed by atoms with E-state index >= 15 is 13.2 Å². The van der Waals surface area contributed by atoms with E-state index in [-0.39, 0.29) is 64.2 Å². The Morgan fingerprint density at radius 2 is 1.62 bits per heavy atom. The minimum Gasteiger partial charge on any atom is -0.508 e. The van der Waals surface area contributed by atoms with Gasteiger partial charge in [-0.3, -0.25) is 14.3 Å². The van der Waals surface area contributed by atoms with E-state index in [4.69, 9.17) is 13.6 Å². The van der Waals surface area contributed by atoms with Crippen LogP contribution in [0.25, 0.3) is 17.1 Å². The molecule has 0 aliphatic carbocycles. The average Bonchev–Trinajstić information content (AvgIpc) is 3.77. The minimum absolute atomic E-state index is 0.0552. The van der Waals surface area contributed by atoms with Crippen molar-refractivity contribution in [1.82, 2.24) is 39.2 Å². The van der Waals surface area contributed by atoms with Crippen LogP contribution in [0.3, 0.4) is 0 Å². The highest BCUT2D eigenvalue weighted by Gasteiger charge is 2.63. The number of H-pyrrole nitrogens is 1. The van der Waals surface area contributed by atoms with Gasteiger partial charge in [-0.15, -0.1) is 0 Å². The molecule has 0 radical (unpaired) electrons. The van der Waals surface area contributed by atoms with Gasteiger partial charge in [0.2, 0.25) is 6.23 Å². The normalized spacial score (nSPS) is 19.2. The number of phenols is 2. The van der Waals surface area contributed by atoms with Crippen molar-refractivity contribution < 1.29 is 41.8 Å². The van der Waals surface area contributed by atoms with Crippen molar-refractivity contribution in [3.63, 3.8) is 0 Å². The highest BCUT2D eigenvalue weighted by molar-refractivity contribution is 6.74. The molecular formula is C48H65F3N10O8Si2. The number of hydrogen-bond acceptors (Lipinski definition) is 14. The molecule has 1 unspecified atom stereocenters. The van der Waals surface area contributed by atoms with Crippen molar-refractivity contribution in [1.29, 1.82) is 0 Å². The highest BCUT2D eigenvalue weighted by Crippen LogP contribution is 2.49. The number of aromatic hydroxyl groups is 2. The Hall–Kier alpha value is -5.73. The van der Waals surface area contributed by atoms with E-state index in [0.717, 1.165) is 10.8 Å². The fourth-order valence-corrected chi connectivity index (χ4v) is 10.1. The zero-order valence-electron chi connectivity index (χ0n) is 42.3. The van der Waals surface area contributed by atoms with Crippen molar-refractivity contribution in [2.24, 2.45) is 0 Å². The molecule has 5 aromatic rings. The molecular weight excluding hydrogens is 958 g/mol. The smallest absolute Gasteiger partial charge is 0.351 e. The van der Waals surface area contributed by atoms with E-state index in [1.54, 1.807) is 18.2 Å². The van der Waals surface area contributed by atoms with Crippen molar-refractivity contribution in [3.8, 4) is 28.6 Å². The lowest BCUT2D eigenvalue weighted by Crippen LogP contribution is -2.53. The van der Waals surface area contributed by atoms with Crippen LogP contribution < -0.4 is 21.6 Å². The molecule has 2 aliphatic rings. The van der Waals surface area contributed by atoms with Gasteiger partial charge in [0.05, 0.1) is 30.3 Å². The molecule has 384 valence electrons. The lowest BCUT2D eigenvalue weighted by Gasteiger charge is -2.41. The summed E-state index contributed by atoms with van der Waals surface area (Å²) >= 11 is 0. The second-order valence-electron chi connectivity index (χ2n) is 21.6. The SMILES string of the molecule is CC(C)c1cc(-c2n[nH]c(=O)n2-c2ccc(CN3CCN(c4cnc(C(=O)Nc5ccn([C@@H]6O[C@H](CO[Si](C)(C)C(C)(C)C)C(O[Si](C)(C)C(C)(C)C)C6(F)F)c(=O)n5)cn4)CC3)c(F)c2)c(O)cc1O. The summed E-state index contributed by atoms with van der Waals surface area (Å²) < 4.78 is 69.3. The van der Waals surface area contributed by atoms with Crippen LogP contribution in [0.15, 0.2) is 64.6 Å². The first kappa shape index (κ1) is 53.1. The number of halogens is 3. The maximum atomic E-state index is 16.6. The van der Waals surface area contributed by atoms with Crippen molar-refractivity contribution >= 4 is 34.2 Å². The van der Waals surface area contributed by atoms with E-state index < -0.39 is 69.1 Å². The van der Waals surface area contributed by atoms with Gasteiger partial charge in [0.15, 0.2) is 22.5 Å². The number of phenolic OH excluding ortho intramolecular Hbond substituents is 2. The standard InChI is InChI=1S/C48H65F3N10O8Si2/c1-28(2)31-22-32(36(63)23-35(31)62)41-56-57-45(66)61(41)30-14-13-29(33(49)21-30)26-58-17-19-59(20-18-58)39-25-52-34(24-53-39)42(64)54-38-15-16-60(44(65)55-38)43-48(50,51)40(69-71(11,12)47(6,7)8)37(68-43)27-67-70(9,10)46(3,4)5/h13-16,21-25,28,37,40,43,62-63H,17-20,26-27H2,1-12H3,(H,57,66)(H,54,55,64,65)/t37-,40?,43-/m1/s1. The Morgan fingerprint density at radius 3 is 2.21 bits per heavy atom. The number of piperazine rings is 1. The van der Waals surface area contributed by atoms with Gasteiger partial charge in [-0.1, -0.05) is 61.5 Å². The van der Waals surface area contributed by atoms with Crippen LogP contribution in [0.4, 0.5) is 24.8 Å². The topological polar surface area (TPSA) is 215 Å². The molecule has 23 heteroatoms. The predicted octanol–water partition coefficient (Wildman–Crippen LogP) is 7.77. The fraction of sp³-hybridized carbons (Fsp3) is 0.521. The molecule has 18 nitrogen and oxygen atoms in total. The minimum atomic E-state index is -3.65. The molecule has 0 saturated carbocycles. The molecule has 0 bridgehead atoms.